The molecule has 0 aliphatic carbocycles. The molecule has 6 nitrogen and oxygen atoms in total. The number of halogens is 4. The number of carbonyl (C=O) groups excluding carboxylic acids is 1. The Hall–Kier alpha value is -3.40. The van der Waals surface area contributed by atoms with Gasteiger partial charge in [0.15, 0.2) is 0 Å². The summed E-state index contributed by atoms with van der Waals surface area (Å²) in [4.78, 5) is 17.3. The molecule has 0 unspecified atom stereocenters. The number of aliphatic hydroxyl groups is 1. The molecule has 0 saturated carbocycles. The lowest BCUT2D eigenvalue weighted by molar-refractivity contribution is -0.137. The molecule has 0 radical (unpaired) electrons. The van der Waals surface area contributed by atoms with Crippen LogP contribution in [0.4, 0.5) is 18.9 Å². The smallest absolute Gasteiger partial charge is 0.392 e. The first-order chi connectivity index (χ1) is 16.2. The Morgan fingerprint density at radius 1 is 1.15 bits per heavy atom. The predicted molar refractivity (Wildman–Crippen MR) is 122 cm³/mol. The van der Waals surface area contributed by atoms with Crippen LogP contribution in [0.15, 0.2) is 60.7 Å². The van der Waals surface area contributed by atoms with Crippen molar-refractivity contribution in [1.29, 1.82) is 0 Å². The van der Waals surface area contributed by atoms with E-state index in [0.29, 0.717) is 33.1 Å². The minimum absolute atomic E-state index is 0.146. The molecule has 0 saturated heterocycles. The molecule has 0 atom stereocenters. The Balaban J connectivity index is 1.81. The van der Waals surface area contributed by atoms with Gasteiger partial charge in [-0.05, 0) is 42.5 Å². The van der Waals surface area contributed by atoms with Crippen molar-refractivity contribution in [2.75, 3.05) is 12.4 Å². The fourth-order valence-corrected chi connectivity index (χ4v) is 3.97. The number of benzene rings is 3. The molecule has 176 valence electrons. The number of imidazole rings is 1. The topological polar surface area (TPSA) is 76.4 Å². The number of nitrogens with one attached hydrogen (secondary N) is 1. The predicted octanol–water partition coefficient (Wildman–Crippen LogP) is 5.59. The van der Waals surface area contributed by atoms with Gasteiger partial charge in [0.1, 0.15) is 12.4 Å². The van der Waals surface area contributed by atoms with Gasteiger partial charge in [-0.25, -0.2) is 4.98 Å². The summed E-state index contributed by atoms with van der Waals surface area (Å²) >= 11 is 6.27. The SMILES string of the molecule is COCc1nc2ccc(NC(=O)c3ccccc3C(F)(F)F)cc2n1-c1cccc(Cl)c1CO. The fourth-order valence-electron chi connectivity index (χ4n) is 3.74. The van der Waals surface area contributed by atoms with E-state index in [1.807, 2.05) is 0 Å². The number of ether oxygens (including phenoxy) is 1. The number of anilines is 1. The van der Waals surface area contributed by atoms with Crippen LogP contribution in [0.1, 0.15) is 27.3 Å². The Morgan fingerprint density at radius 2 is 1.91 bits per heavy atom. The van der Waals surface area contributed by atoms with Crippen molar-refractivity contribution in [2.24, 2.45) is 0 Å². The highest BCUT2D eigenvalue weighted by atomic mass is 35.5. The molecule has 4 aromatic rings. The van der Waals surface area contributed by atoms with Crippen LogP contribution in [0.25, 0.3) is 16.7 Å². The van der Waals surface area contributed by atoms with E-state index in [0.717, 1.165) is 12.1 Å². The molecule has 10 heteroatoms. The summed E-state index contributed by atoms with van der Waals surface area (Å²) in [7, 11) is 1.51. The van der Waals surface area contributed by atoms with E-state index in [2.05, 4.69) is 10.3 Å². The monoisotopic (exact) mass is 489 g/mol. The number of aliphatic hydroxyl groups excluding tert-OH is 1. The highest BCUT2D eigenvalue weighted by Gasteiger charge is 2.34. The molecule has 0 fully saturated rings. The minimum atomic E-state index is -4.67. The number of carbonyl (C=O) groups is 1. The molecule has 4 rings (SSSR count). The number of amides is 1. The average molecular weight is 490 g/mol. The maximum atomic E-state index is 13.3. The quantitative estimate of drug-likeness (QED) is 0.370. The van der Waals surface area contributed by atoms with Gasteiger partial charge in [0.05, 0.1) is 34.5 Å². The zero-order chi connectivity index (χ0) is 24.5. The van der Waals surface area contributed by atoms with Crippen molar-refractivity contribution >= 4 is 34.2 Å². The van der Waals surface area contributed by atoms with E-state index in [9.17, 15) is 23.1 Å². The van der Waals surface area contributed by atoms with Gasteiger partial charge in [-0.1, -0.05) is 29.8 Å². The van der Waals surface area contributed by atoms with Crippen molar-refractivity contribution in [3.8, 4) is 5.69 Å². The van der Waals surface area contributed by atoms with Crippen molar-refractivity contribution in [1.82, 2.24) is 9.55 Å². The van der Waals surface area contributed by atoms with Gasteiger partial charge in [0.25, 0.3) is 5.91 Å². The Labute approximate surface area is 197 Å². The molecule has 0 aliphatic heterocycles. The first-order valence-corrected chi connectivity index (χ1v) is 10.5. The number of methoxy groups -OCH3 is 1. The molecule has 0 spiro atoms. The first-order valence-electron chi connectivity index (χ1n) is 10.1. The maximum Gasteiger partial charge on any atom is 0.417 e. The van der Waals surface area contributed by atoms with Crippen LogP contribution in [-0.4, -0.2) is 27.7 Å². The highest BCUT2D eigenvalue weighted by molar-refractivity contribution is 6.31. The summed E-state index contributed by atoms with van der Waals surface area (Å²) in [5.41, 5.74) is 0.904. The number of alkyl halides is 3. The van der Waals surface area contributed by atoms with E-state index in [1.165, 1.54) is 19.2 Å². The first kappa shape index (κ1) is 23.7. The van der Waals surface area contributed by atoms with Crippen LogP contribution in [0.5, 0.6) is 0 Å². The van der Waals surface area contributed by atoms with Crippen LogP contribution in [0.3, 0.4) is 0 Å². The van der Waals surface area contributed by atoms with Crippen molar-refractivity contribution in [3.63, 3.8) is 0 Å². The zero-order valence-corrected chi connectivity index (χ0v) is 18.6. The third kappa shape index (κ3) is 4.50. The summed E-state index contributed by atoms with van der Waals surface area (Å²) in [6, 6.07) is 14.5. The lowest BCUT2D eigenvalue weighted by atomic mass is 10.1. The van der Waals surface area contributed by atoms with Crippen molar-refractivity contribution in [2.45, 2.75) is 19.4 Å². The summed E-state index contributed by atoms with van der Waals surface area (Å²) in [5, 5.41) is 12.8. The standard InChI is InChI=1S/C24H19ClF3N3O3/c1-34-13-22-30-19-10-9-14(29-23(33)15-5-2-3-6-17(15)24(26,27)28)11-21(19)31(22)20-8-4-7-18(25)16(20)12-32/h2-11,32H,12-13H2,1H3,(H,29,33). The third-order valence-electron chi connectivity index (χ3n) is 5.23. The summed E-state index contributed by atoms with van der Waals surface area (Å²) < 4.78 is 47.0. The molecule has 2 N–H and O–H groups in total. The largest absolute Gasteiger partial charge is 0.417 e. The number of aromatic nitrogens is 2. The number of hydrogen-bond donors (Lipinski definition) is 2. The second-order valence-electron chi connectivity index (χ2n) is 7.39. The Bertz CT molecular complexity index is 1370. The molecular weight excluding hydrogens is 471 g/mol. The second-order valence-corrected chi connectivity index (χ2v) is 7.80. The van der Waals surface area contributed by atoms with E-state index in [4.69, 9.17) is 16.3 Å². The van der Waals surface area contributed by atoms with Crippen LogP contribution >= 0.6 is 11.6 Å². The van der Waals surface area contributed by atoms with Crippen LogP contribution in [-0.2, 0) is 24.1 Å². The molecule has 0 bridgehead atoms. The highest BCUT2D eigenvalue weighted by Crippen LogP contribution is 2.33. The number of nitrogens with zero attached hydrogens (tertiary/aromatic N) is 2. The molecule has 0 aliphatic rings. The second kappa shape index (κ2) is 9.46. The van der Waals surface area contributed by atoms with Gasteiger partial charge in [-0.15, -0.1) is 0 Å². The van der Waals surface area contributed by atoms with E-state index >= 15 is 0 Å². The van der Waals surface area contributed by atoms with Crippen LogP contribution in [0.2, 0.25) is 5.02 Å². The lowest BCUT2D eigenvalue weighted by Gasteiger charge is -2.15. The normalized spacial score (nSPS) is 11.7. The molecule has 1 heterocycles. The van der Waals surface area contributed by atoms with E-state index < -0.39 is 23.2 Å². The molecular formula is C24H19ClF3N3O3. The Kier molecular flexibility index (Phi) is 6.60. The van der Waals surface area contributed by atoms with E-state index in [1.54, 1.807) is 41.0 Å². The van der Waals surface area contributed by atoms with Gasteiger partial charge in [0, 0.05) is 23.4 Å². The van der Waals surface area contributed by atoms with Gasteiger partial charge in [-0.3, -0.25) is 9.36 Å². The molecule has 1 amide bonds. The van der Waals surface area contributed by atoms with Crippen LogP contribution < -0.4 is 5.32 Å². The average Bonchev–Trinajstić information content (AvgIpc) is 3.15. The summed E-state index contributed by atoms with van der Waals surface area (Å²) in [6.45, 7) is -0.182. The van der Waals surface area contributed by atoms with Crippen molar-refractivity contribution in [3.05, 3.63) is 88.2 Å². The van der Waals surface area contributed by atoms with E-state index in [-0.39, 0.29) is 18.9 Å². The minimum Gasteiger partial charge on any atom is -0.392 e. The number of hydrogen-bond acceptors (Lipinski definition) is 4. The third-order valence-corrected chi connectivity index (χ3v) is 5.58. The Morgan fingerprint density at radius 3 is 2.62 bits per heavy atom. The fraction of sp³-hybridized carbons (Fsp3) is 0.167. The van der Waals surface area contributed by atoms with Gasteiger partial charge < -0.3 is 15.2 Å². The van der Waals surface area contributed by atoms with Gasteiger partial charge in [0.2, 0.25) is 0 Å². The maximum absolute atomic E-state index is 13.3. The molecule has 34 heavy (non-hydrogen) atoms. The van der Waals surface area contributed by atoms with Crippen molar-refractivity contribution < 1.29 is 27.8 Å². The summed E-state index contributed by atoms with van der Waals surface area (Å²) in [5.74, 6) is -0.380. The van der Waals surface area contributed by atoms with Gasteiger partial charge in [-0.2, -0.15) is 13.2 Å². The molecule has 1 aromatic heterocycles. The van der Waals surface area contributed by atoms with Gasteiger partial charge >= 0.3 is 6.18 Å². The lowest BCUT2D eigenvalue weighted by Crippen LogP contribution is -2.18. The molecule has 3 aromatic carbocycles. The van der Waals surface area contributed by atoms with Crippen LogP contribution in [0, 0.1) is 0 Å². The number of fused-ring (bicyclic) bond motifs is 1. The number of rotatable bonds is 6. The zero-order valence-electron chi connectivity index (χ0n) is 17.9. The summed E-state index contributed by atoms with van der Waals surface area (Å²) in [6.07, 6.45) is -4.67.